The fraction of sp³-hybridized carbons (Fsp3) is 0.286. The van der Waals surface area contributed by atoms with Crippen molar-refractivity contribution in [2.45, 2.75) is 19.8 Å². The summed E-state index contributed by atoms with van der Waals surface area (Å²) in [7, 11) is 0. The molecule has 0 aliphatic rings. The molecule has 2 heterocycles. The van der Waals surface area contributed by atoms with Crippen LogP contribution in [0.4, 0.5) is 0 Å². The summed E-state index contributed by atoms with van der Waals surface area (Å²) >= 11 is 5.62. The number of aromatic nitrogens is 2. The Morgan fingerprint density at radius 2 is 2.33 bits per heavy atom. The predicted octanol–water partition coefficient (Wildman–Crippen LogP) is 3.19. The van der Waals surface area contributed by atoms with Crippen molar-refractivity contribution < 1.29 is 0 Å². The van der Waals surface area contributed by atoms with E-state index < -0.39 is 0 Å². The first kappa shape index (κ1) is 12.8. The van der Waals surface area contributed by atoms with Crippen molar-refractivity contribution in [2.24, 2.45) is 0 Å². The van der Waals surface area contributed by atoms with Gasteiger partial charge in [-0.25, -0.2) is 4.98 Å². The first-order valence-electron chi connectivity index (χ1n) is 5.93. The number of unbranched alkanes of at least 4 members (excludes halogenated alkanes) is 1. The quantitative estimate of drug-likeness (QED) is 0.627. The standard InChI is InChI=1S/C14H15ClN2O/c1-11-10-12-6-5-8-16-13(12)17(14(11)18)9-4-2-3-7-15/h4-6,8-10H,2-3,7H2,1H3. The minimum absolute atomic E-state index is 0.0247. The van der Waals surface area contributed by atoms with Crippen molar-refractivity contribution in [3.05, 3.63) is 46.4 Å². The lowest BCUT2D eigenvalue weighted by Crippen LogP contribution is -2.18. The Hall–Kier alpha value is -1.61. The Kier molecular flexibility index (Phi) is 4.15. The monoisotopic (exact) mass is 262 g/mol. The SMILES string of the molecule is Cc1cc2cccnc2n(C=CCCCCl)c1=O. The third-order valence-corrected chi connectivity index (χ3v) is 3.00. The molecule has 18 heavy (non-hydrogen) atoms. The summed E-state index contributed by atoms with van der Waals surface area (Å²) in [4.78, 5) is 16.4. The number of aryl methyl sites for hydroxylation is 1. The van der Waals surface area contributed by atoms with Gasteiger partial charge in [0.05, 0.1) is 0 Å². The summed E-state index contributed by atoms with van der Waals surface area (Å²) in [5.41, 5.74) is 1.39. The fourth-order valence-electron chi connectivity index (χ4n) is 1.82. The molecule has 0 fully saturated rings. The highest BCUT2D eigenvalue weighted by molar-refractivity contribution is 6.17. The van der Waals surface area contributed by atoms with Crippen LogP contribution < -0.4 is 5.56 Å². The van der Waals surface area contributed by atoms with Gasteiger partial charge in [-0.15, -0.1) is 11.6 Å². The van der Waals surface area contributed by atoms with E-state index in [1.807, 2.05) is 31.2 Å². The van der Waals surface area contributed by atoms with E-state index in [9.17, 15) is 4.79 Å². The van der Waals surface area contributed by atoms with Gasteiger partial charge in [0.1, 0.15) is 5.65 Å². The van der Waals surface area contributed by atoms with Crippen LogP contribution in [0.5, 0.6) is 0 Å². The average Bonchev–Trinajstić information content (AvgIpc) is 2.38. The minimum atomic E-state index is -0.0247. The summed E-state index contributed by atoms with van der Waals surface area (Å²) in [5.74, 6) is 0.631. The van der Waals surface area contributed by atoms with Crippen molar-refractivity contribution in [3.63, 3.8) is 0 Å². The average molecular weight is 263 g/mol. The molecule has 0 unspecified atom stereocenters. The number of fused-ring (bicyclic) bond motifs is 1. The third-order valence-electron chi connectivity index (χ3n) is 2.73. The molecule has 0 N–H and O–H groups in total. The van der Waals surface area contributed by atoms with Crippen LogP contribution in [-0.4, -0.2) is 15.4 Å². The van der Waals surface area contributed by atoms with Crippen molar-refractivity contribution in [1.82, 2.24) is 9.55 Å². The van der Waals surface area contributed by atoms with Crippen LogP contribution >= 0.6 is 11.6 Å². The van der Waals surface area contributed by atoms with E-state index in [2.05, 4.69) is 4.98 Å². The van der Waals surface area contributed by atoms with Crippen molar-refractivity contribution in [2.75, 3.05) is 5.88 Å². The Morgan fingerprint density at radius 1 is 1.50 bits per heavy atom. The molecular weight excluding hydrogens is 248 g/mol. The molecular formula is C14H15ClN2O. The van der Waals surface area contributed by atoms with Crippen LogP contribution in [0.15, 0.2) is 35.3 Å². The van der Waals surface area contributed by atoms with Crippen LogP contribution in [0.1, 0.15) is 18.4 Å². The Labute approximate surface area is 111 Å². The highest BCUT2D eigenvalue weighted by Gasteiger charge is 2.04. The van der Waals surface area contributed by atoms with Gasteiger partial charge in [-0.1, -0.05) is 6.08 Å². The van der Waals surface area contributed by atoms with E-state index in [0.29, 0.717) is 11.5 Å². The lowest BCUT2D eigenvalue weighted by atomic mass is 10.2. The fourth-order valence-corrected chi connectivity index (χ4v) is 1.97. The molecule has 0 spiro atoms. The summed E-state index contributed by atoms with van der Waals surface area (Å²) < 4.78 is 1.60. The van der Waals surface area contributed by atoms with Crippen LogP contribution in [0.2, 0.25) is 0 Å². The second kappa shape index (κ2) is 5.83. The molecule has 2 aromatic rings. The zero-order chi connectivity index (χ0) is 13.0. The zero-order valence-corrected chi connectivity index (χ0v) is 11.0. The topological polar surface area (TPSA) is 34.9 Å². The van der Waals surface area contributed by atoms with Gasteiger partial charge in [0.2, 0.25) is 0 Å². The molecule has 0 saturated heterocycles. The van der Waals surface area contributed by atoms with Gasteiger partial charge in [-0.3, -0.25) is 9.36 Å². The van der Waals surface area contributed by atoms with Gasteiger partial charge in [0, 0.05) is 29.2 Å². The van der Waals surface area contributed by atoms with E-state index >= 15 is 0 Å². The van der Waals surface area contributed by atoms with Gasteiger partial charge < -0.3 is 0 Å². The Balaban J connectivity index is 2.50. The number of hydrogen-bond donors (Lipinski definition) is 0. The molecule has 0 amide bonds. The normalized spacial score (nSPS) is 11.4. The number of rotatable bonds is 4. The van der Waals surface area contributed by atoms with E-state index in [1.165, 1.54) is 0 Å². The largest absolute Gasteiger partial charge is 0.269 e. The number of hydrogen-bond acceptors (Lipinski definition) is 2. The molecule has 0 atom stereocenters. The maximum Gasteiger partial charge on any atom is 0.259 e. The van der Waals surface area contributed by atoms with Gasteiger partial charge in [0.25, 0.3) is 5.56 Å². The van der Waals surface area contributed by atoms with Gasteiger partial charge >= 0.3 is 0 Å². The second-order valence-corrected chi connectivity index (χ2v) is 4.51. The number of pyridine rings is 2. The third kappa shape index (κ3) is 2.62. The summed E-state index contributed by atoms with van der Waals surface area (Å²) in [6, 6.07) is 5.69. The Morgan fingerprint density at radius 3 is 3.11 bits per heavy atom. The number of allylic oxidation sites excluding steroid dienone is 1. The summed E-state index contributed by atoms with van der Waals surface area (Å²) in [5, 5.41) is 0.969. The molecule has 94 valence electrons. The molecule has 0 aliphatic carbocycles. The van der Waals surface area contributed by atoms with Gasteiger partial charge in [-0.2, -0.15) is 0 Å². The van der Waals surface area contributed by atoms with E-state index in [4.69, 9.17) is 11.6 Å². The maximum atomic E-state index is 12.1. The smallest absolute Gasteiger partial charge is 0.259 e. The van der Waals surface area contributed by atoms with Crippen molar-refractivity contribution in [1.29, 1.82) is 0 Å². The van der Waals surface area contributed by atoms with Crippen LogP contribution in [-0.2, 0) is 0 Å². The molecule has 3 nitrogen and oxygen atoms in total. The van der Waals surface area contributed by atoms with Crippen molar-refractivity contribution >= 4 is 28.8 Å². The highest BCUT2D eigenvalue weighted by atomic mass is 35.5. The Bertz CT molecular complexity index is 631. The summed E-state index contributed by atoms with van der Waals surface area (Å²) in [6.45, 7) is 1.82. The first-order valence-corrected chi connectivity index (χ1v) is 6.47. The molecule has 0 aromatic carbocycles. The molecule has 0 saturated carbocycles. The zero-order valence-electron chi connectivity index (χ0n) is 10.3. The minimum Gasteiger partial charge on any atom is -0.269 e. The van der Waals surface area contributed by atoms with Crippen LogP contribution in [0.3, 0.4) is 0 Å². The molecule has 4 heteroatoms. The second-order valence-electron chi connectivity index (χ2n) is 4.13. The van der Waals surface area contributed by atoms with Crippen LogP contribution in [0.25, 0.3) is 17.2 Å². The highest BCUT2D eigenvalue weighted by Crippen LogP contribution is 2.10. The lowest BCUT2D eigenvalue weighted by molar-refractivity contribution is 0.958. The predicted molar refractivity (Wildman–Crippen MR) is 76.0 cm³/mol. The van der Waals surface area contributed by atoms with E-state index in [-0.39, 0.29) is 5.56 Å². The molecule has 0 bridgehead atoms. The lowest BCUT2D eigenvalue weighted by Gasteiger charge is -2.05. The number of nitrogens with zero attached hydrogens (tertiary/aromatic N) is 2. The number of alkyl halides is 1. The van der Waals surface area contributed by atoms with Crippen molar-refractivity contribution in [3.8, 4) is 0 Å². The first-order chi connectivity index (χ1) is 8.74. The van der Waals surface area contributed by atoms with Gasteiger partial charge in [-0.05, 0) is 38.0 Å². The molecule has 2 aromatic heterocycles. The molecule has 0 aliphatic heterocycles. The summed E-state index contributed by atoms with van der Waals surface area (Å²) in [6.07, 6.45) is 7.21. The molecule has 0 radical (unpaired) electrons. The van der Waals surface area contributed by atoms with Crippen LogP contribution in [0, 0.1) is 6.92 Å². The molecule has 2 rings (SSSR count). The number of halogens is 1. The van der Waals surface area contributed by atoms with Gasteiger partial charge in [0.15, 0.2) is 0 Å². The van der Waals surface area contributed by atoms with E-state index in [0.717, 1.165) is 23.8 Å². The maximum absolute atomic E-state index is 12.1. The van der Waals surface area contributed by atoms with E-state index in [1.54, 1.807) is 17.0 Å².